The molecule has 35 heavy (non-hydrogen) atoms. The molecule has 0 radical (unpaired) electrons. The lowest BCUT2D eigenvalue weighted by molar-refractivity contribution is -0.133. The standard InChI is InChI=1S/C28H31FN2O4/c1-21-9-14-26(35-21)19-30(16-15-22-6-3-2-4-7-22)27(32)20-31(18-25-8-5-17-34-25)28(33)23-10-12-24(29)13-11-23/h2-4,6-7,9-14,25H,5,8,15-20H2,1H3. The van der Waals surface area contributed by atoms with Crippen LogP contribution >= 0.6 is 0 Å². The third-order valence-corrected chi connectivity index (χ3v) is 6.16. The number of aryl methyl sites for hydroxylation is 1. The Labute approximate surface area is 205 Å². The highest BCUT2D eigenvalue weighted by Gasteiger charge is 2.27. The molecule has 6 nitrogen and oxygen atoms in total. The monoisotopic (exact) mass is 478 g/mol. The van der Waals surface area contributed by atoms with Gasteiger partial charge in [-0.1, -0.05) is 30.3 Å². The molecule has 0 spiro atoms. The molecule has 2 aromatic carbocycles. The van der Waals surface area contributed by atoms with Gasteiger partial charge in [-0.3, -0.25) is 9.59 Å². The molecule has 1 aromatic heterocycles. The number of hydrogen-bond acceptors (Lipinski definition) is 4. The summed E-state index contributed by atoms with van der Waals surface area (Å²) >= 11 is 0. The zero-order valence-corrected chi connectivity index (χ0v) is 20.0. The summed E-state index contributed by atoms with van der Waals surface area (Å²) in [6, 6.07) is 19.1. The number of nitrogens with zero attached hydrogens (tertiary/aromatic N) is 2. The van der Waals surface area contributed by atoms with Crippen LogP contribution in [-0.2, 0) is 22.5 Å². The molecule has 2 amide bonds. The number of carbonyl (C=O) groups is 2. The first kappa shape index (κ1) is 24.7. The van der Waals surface area contributed by atoms with Gasteiger partial charge >= 0.3 is 0 Å². The Bertz CT molecular complexity index is 1110. The predicted octanol–water partition coefficient (Wildman–Crippen LogP) is 4.62. The van der Waals surface area contributed by atoms with Crippen molar-refractivity contribution in [1.29, 1.82) is 0 Å². The quantitative estimate of drug-likeness (QED) is 0.427. The maximum atomic E-state index is 13.5. The number of hydrogen-bond donors (Lipinski definition) is 0. The fraction of sp³-hybridized carbons (Fsp3) is 0.357. The topological polar surface area (TPSA) is 63.0 Å². The van der Waals surface area contributed by atoms with Gasteiger partial charge in [0.2, 0.25) is 5.91 Å². The minimum atomic E-state index is -0.413. The van der Waals surface area contributed by atoms with Gasteiger partial charge in [0.15, 0.2) is 0 Å². The zero-order valence-electron chi connectivity index (χ0n) is 20.0. The fourth-order valence-corrected chi connectivity index (χ4v) is 4.25. The second-order valence-corrected chi connectivity index (χ2v) is 8.89. The molecule has 1 aliphatic heterocycles. The average Bonchev–Trinajstić information content (AvgIpc) is 3.53. The Kier molecular flexibility index (Phi) is 8.32. The zero-order chi connectivity index (χ0) is 24.6. The van der Waals surface area contributed by atoms with Crippen molar-refractivity contribution in [3.05, 3.63) is 95.2 Å². The lowest BCUT2D eigenvalue weighted by Crippen LogP contribution is -2.46. The van der Waals surface area contributed by atoms with E-state index < -0.39 is 5.82 Å². The van der Waals surface area contributed by atoms with E-state index in [0.717, 1.165) is 24.2 Å². The van der Waals surface area contributed by atoms with E-state index in [0.29, 0.717) is 44.0 Å². The second-order valence-electron chi connectivity index (χ2n) is 8.89. The first-order valence-corrected chi connectivity index (χ1v) is 12.0. The van der Waals surface area contributed by atoms with Gasteiger partial charge in [-0.05, 0) is 68.1 Å². The SMILES string of the molecule is Cc1ccc(CN(CCc2ccccc2)C(=O)CN(CC2CCCO2)C(=O)c2ccc(F)cc2)o1. The summed E-state index contributed by atoms with van der Waals surface area (Å²) in [6.45, 7) is 3.54. The molecule has 1 saturated heterocycles. The smallest absolute Gasteiger partial charge is 0.254 e. The lowest BCUT2D eigenvalue weighted by Gasteiger charge is -2.29. The molecule has 1 fully saturated rings. The van der Waals surface area contributed by atoms with Crippen LogP contribution in [0.25, 0.3) is 0 Å². The Hall–Kier alpha value is -3.45. The molecule has 0 aliphatic carbocycles. The number of benzene rings is 2. The van der Waals surface area contributed by atoms with Crippen molar-refractivity contribution in [2.24, 2.45) is 0 Å². The first-order chi connectivity index (χ1) is 17.0. The average molecular weight is 479 g/mol. The Morgan fingerprint density at radius 3 is 2.43 bits per heavy atom. The number of halogens is 1. The van der Waals surface area contributed by atoms with Crippen molar-refractivity contribution >= 4 is 11.8 Å². The van der Waals surface area contributed by atoms with Gasteiger partial charge < -0.3 is 19.0 Å². The largest absolute Gasteiger partial charge is 0.464 e. The molecule has 1 unspecified atom stereocenters. The van der Waals surface area contributed by atoms with Crippen molar-refractivity contribution < 1.29 is 23.1 Å². The fourth-order valence-electron chi connectivity index (χ4n) is 4.25. The molecule has 3 aromatic rings. The van der Waals surface area contributed by atoms with Crippen molar-refractivity contribution in [1.82, 2.24) is 9.80 Å². The van der Waals surface area contributed by atoms with Gasteiger partial charge in [0, 0.05) is 25.3 Å². The van der Waals surface area contributed by atoms with E-state index in [9.17, 15) is 14.0 Å². The van der Waals surface area contributed by atoms with E-state index in [2.05, 4.69) is 0 Å². The maximum Gasteiger partial charge on any atom is 0.254 e. The molecule has 2 heterocycles. The summed E-state index contributed by atoms with van der Waals surface area (Å²) in [5.41, 5.74) is 1.47. The Morgan fingerprint density at radius 1 is 1.00 bits per heavy atom. The molecule has 0 bridgehead atoms. The third kappa shape index (κ3) is 7.02. The maximum absolute atomic E-state index is 13.5. The Balaban J connectivity index is 1.51. The normalized spacial score (nSPS) is 15.2. The summed E-state index contributed by atoms with van der Waals surface area (Å²) in [7, 11) is 0. The van der Waals surface area contributed by atoms with Crippen LogP contribution in [0.2, 0.25) is 0 Å². The van der Waals surface area contributed by atoms with Crippen LogP contribution in [0.3, 0.4) is 0 Å². The van der Waals surface area contributed by atoms with Crippen LogP contribution in [0, 0.1) is 12.7 Å². The minimum absolute atomic E-state index is 0.0927. The number of ether oxygens (including phenoxy) is 1. The molecule has 1 aliphatic rings. The number of carbonyl (C=O) groups excluding carboxylic acids is 2. The van der Waals surface area contributed by atoms with Gasteiger partial charge in [-0.25, -0.2) is 4.39 Å². The third-order valence-electron chi connectivity index (χ3n) is 6.16. The van der Waals surface area contributed by atoms with Crippen LogP contribution < -0.4 is 0 Å². The molecule has 0 N–H and O–H groups in total. The molecule has 1 atom stereocenters. The summed E-state index contributed by atoms with van der Waals surface area (Å²) in [5, 5.41) is 0. The van der Waals surface area contributed by atoms with Crippen molar-refractivity contribution in [3.63, 3.8) is 0 Å². The van der Waals surface area contributed by atoms with E-state index in [-0.39, 0.29) is 24.5 Å². The lowest BCUT2D eigenvalue weighted by atomic mass is 10.1. The van der Waals surface area contributed by atoms with Crippen LogP contribution in [0.4, 0.5) is 4.39 Å². The molecule has 0 saturated carbocycles. The van der Waals surface area contributed by atoms with Crippen molar-refractivity contribution in [3.8, 4) is 0 Å². The van der Waals surface area contributed by atoms with Crippen molar-refractivity contribution in [2.75, 3.05) is 26.2 Å². The van der Waals surface area contributed by atoms with E-state index in [1.807, 2.05) is 49.4 Å². The molecule has 4 rings (SSSR count). The van der Waals surface area contributed by atoms with Gasteiger partial charge in [0.25, 0.3) is 5.91 Å². The summed E-state index contributed by atoms with van der Waals surface area (Å²) < 4.78 is 24.9. The van der Waals surface area contributed by atoms with Crippen LogP contribution in [0.5, 0.6) is 0 Å². The van der Waals surface area contributed by atoms with Crippen molar-refractivity contribution in [2.45, 2.75) is 38.8 Å². The van der Waals surface area contributed by atoms with E-state index in [4.69, 9.17) is 9.15 Å². The summed E-state index contributed by atoms with van der Waals surface area (Å²) in [4.78, 5) is 30.1. The van der Waals surface area contributed by atoms with Crippen LogP contribution in [0.15, 0.2) is 71.1 Å². The Morgan fingerprint density at radius 2 is 1.77 bits per heavy atom. The van der Waals surface area contributed by atoms with Gasteiger partial charge in [0.05, 0.1) is 12.6 Å². The van der Waals surface area contributed by atoms with Crippen LogP contribution in [0.1, 0.15) is 40.3 Å². The van der Waals surface area contributed by atoms with Gasteiger partial charge in [-0.2, -0.15) is 0 Å². The predicted molar refractivity (Wildman–Crippen MR) is 130 cm³/mol. The number of furan rings is 1. The molecular formula is C28H31FN2O4. The molecule has 7 heteroatoms. The second kappa shape index (κ2) is 11.8. The van der Waals surface area contributed by atoms with E-state index in [1.165, 1.54) is 29.2 Å². The van der Waals surface area contributed by atoms with Gasteiger partial charge in [-0.15, -0.1) is 0 Å². The van der Waals surface area contributed by atoms with E-state index in [1.54, 1.807) is 4.90 Å². The molecule has 184 valence electrons. The van der Waals surface area contributed by atoms with E-state index >= 15 is 0 Å². The number of rotatable bonds is 10. The summed E-state index contributed by atoms with van der Waals surface area (Å²) in [5.74, 6) is 0.569. The first-order valence-electron chi connectivity index (χ1n) is 12.0. The number of amides is 2. The van der Waals surface area contributed by atoms with Crippen LogP contribution in [-0.4, -0.2) is 54.0 Å². The highest BCUT2D eigenvalue weighted by molar-refractivity contribution is 5.96. The minimum Gasteiger partial charge on any atom is -0.464 e. The van der Waals surface area contributed by atoms with Gasteiger partial charge in [0.1, 0.15) is 23.9 Å². The summed E-state index contributed by atoms with van der Waals surface area (Å²) in [6.07, 6.45) is 2.34. The highest BCUT2D eigenvalue weighted by Crippen LogP contribution is 2.17. The molecular weight excluding hydrogens is 447 g/mol. The highest BCUT2D eigenvalue weighted by atomic mass is 19.1.